The van der Waals surface area contributed by atoms with Crippen molar-refractivity contribution in [3.63, 3.8) is 0 Å². The van der Waals surface area contributed by atoms with Gasteiger partial charge in [-0.3, -0.25) is 4.79 Å². The van der Waals surface area contributed by atoms with Crippen LogP contribution in [0.25, 0.3) is 0 Å². The Morgan fingerprint density at radius 3 is 2.77 bits per heavy atom. The molecule has 1 nitrogen and oxygen atoms in total. The van der Waals surface area contributed by atoms with Gasteiger partial charge in [0.2, 0.25) is 0 Å². The molecule has 0 aliphatic heterocycles. The monoisotopic (exact) mass is 300 g/mol. The highest BCUT2D eigenvalue weighted by atomic mass is 16.1. The Kier molecular flexibility index (Phi) is 3.37. The molecule has 3 fully saturated rings. The van der Waals surface area contributed by atoms with Crippen LogP contribution >= 0.6 is 0 Å². The van der Waals surface area contributed by atoms with Gasteiger partial charge in [0.1, 0.15) is 5.78 Å². The van der Waals surface area contributed by atoms with Gasteiger partial charge >= 0.3 is 0 Å². The number of fused-ring (bicyclic) bond motifs is 5. The molecule has 3 saturated carbocycles. The van der Waals surface area contributed by atoms with Gasteiger partial charge in [0.15, 0.2) is 0 Å². The Morgan fingerprint density at radius 2 is 2.00 bits per heavy atom. The molecule has 0 spiro atoms. The molecular weight excluding hydrogens is 268 g/mol. The average molecular weight is 300 g/mol. The summed E-state index contributed by atoms with van der Waals surface area (Å²) in [6.07, 6.45) is 13.7. The molecule has 6 atom stereocenters. The highest BCUT2D eigenvalue weighted by Gasteiger charge is 2.57. The van der Waals surface area contributed by atoms with E-state index in [1.807, 2.05) is 5.57 Å². The number of carbonyl (C=O) groups is 1. The topological polar surface area (TPSA) is 17.1 Å². The van der Waals surface area contributed by atoms with E-state index in [1.54, 1.807) is 0 Å². The molecule has 0 radical (unpaired) electrons. The van der Waals surface area contributed by atoms with E-state index in [1.165, 1.54) is 44.9 Å². The van der Waals surface area contributed by atoms with Gasteiger partial charge in [0.05, 0.1) is 0 Å². The second kappa shape index (κ2) is 4.95. The first-order valence-corrected chi connectivity index (χ1v) is 9.71. The van der Waals surface area contributed by atoms with E-state index >= 15 is 0 Å². The predicted molar refractivity (Wildman–Crippen MR) is 90.5 cm³/mol. The largest absolute Gasteiger partial charge is 0.300 e. The number of ketones is 1. The van der Waals surface area contributed by atoms with Crippen LogP contribution in [0, 0.1) is 34.5 Å². The van der Waals surface area contributed by atoms with Crippen LogP contribution in [-0.4, -0.2) is 5.78 Å². The Morgan fingerprint density at radius 1 is 1.18 bits per heavy atom. The second-order valence-corrected chi connectivity index (χ2v) is 9.19. The summed E-state index contributed by atoms with van der Waals surface area (Å²) in [5.41, 5.74) is 2.79. The average Bonchev–Trinajstić information content (AvgIpc) is 2.84. The third-order valence-corrected chi connectivity index (χ3v) is 8.56. The fraction of sp³-hybridized carbons (Fsp3) is 0.857. The lowest BCUT2D eigenvalue weighted by atomic mass is 9.46. The highest BCUT2D eigenvalue weighted by molar-refractivity contribution is 5.79. The van der Waals surface area contributed by atoms with Gasteiger partial charge in [-0.15, -0.1) is 0 Å². The number of carbonyl (C=O) groups excluding carboxylic acids is 1. The van der Waals surface area contributed by atoms with Crippen molar-refractivity contribution in [1.82, 2.24) is 0 Å². The molecule has 0 aromatic heterocycles. The molecule has 1 heteroatoms. The summed E-state index contributed by atoms with van der Waals surface area (Å²) < 4.78 is 0. The van der Waals surface area contributed by atoms with Crippen LogP contribution in [0.4, 0.5) is 0 Å². The molecule has 22 heavy (non-hydrogen) atoms. The Labute approximate surface area is 135 Å². The lowest BCUT2D eigenvalue weighted by molar-refractivity contribution is -0.131. The molecule has 6 unspecified atom stereocenters. The molecule has 4 rings (SSSR count). The van der Waals surface area contributed by atoms with Gasteiger partial charge in [-0.25, -0.2) is 0 Å². The van der Waals surface area contributed by atoms with Crippen molar-refractivity contribution in [2.75, 3.05) is 0 Å². The molecule has 0 saturated heterocycles. The predicted octanol–water partition coefficient (Wildman–Crippen LogP) is 5.54. The Hall–Kier alpha value is -0.590. The number of allylic oxidation sites excluding steroid dienone is 2. The van der Waals surface area contributed by atoms with Crippen molar-refractivity contribution < 1.29 is 4.79 Å². The molecule has 0 heterocycles. The maximum Gasteiger partial charge on any atom is 0.133 e. The van der Waals surface area contributed by atoms with Gasteiger partial charge in [0.25, 0.3) is 0 Å². The van der Waals surface area contributed by atoms with E-state index in [0.717, 1.165) is 30.6 Å². The number of rotatable bonds is 1. The molecular formula is C21H32O. The number of hydrogen-bond acceptors (Lipinski definition) is 1. The number of Topliss-reactive ketones (excluding diaryl/α,β-unsaturated/α-hetero) is 1. The Balaban J connectivity index is 1.65. The first-order valence-electron chi connectivity index (χ1n) is 9.71. The quantitative estimate of drug-likeness (QED) is 0.581. The first-order chi connectivity index (χ1) is 10.5. The highest BCUT2D eigenvalue weighted by Crippen LogP contribution is 2.65. The summed E-state index contributed by atoms with van der Waals surface area (Å²) in [7, 11) is 0. The molecule has 4 aliphatic carbocycles. The van der Waals surface area contributed by atoms with Crippen LogP contribution in [-0.2, 0) is 4.79 Å². The number of hydrogen-bond donors (Lipinski definition) is 0. The van der Waals surface area contributed by atoms with E-state index in [-0.39, 0.29) is 0 Å². The van der Waals surface area contributed by atoms with Crippen molar-refractivity contribution in [2.24, 2.45) is 34.5 Å². The van der Waals surface area contributed by atoms with Gasteiger partial charge < -0.3 is 0 Å². The van der Waals surface area contributed by atoms with Gasteiger partial charge in [0, 0.05) is 12.8 Å². The molecule has 0 N–H and O–H groups in total. The summed E-state index contributed by atoms with van der Waals surface area (Å²) in [5, 5.41) is 0. The lowest BCUT2D eigenvalue weighted by Crippen LogP contribution is -2.51. The van der Waals surface area contributed by atoms with Crippen molar-refractivity contribution in [3.05, 3.63) is 11.6 Å². The zero-order valence-electron chi connectivity index (χ0n) is 14.7. The molecule has 0 amide bonds. The maximum atomic E-state index is 11.9. The van der Waals surface area contributed by atoms with Crippen molar-refractivity contribution in [1.29, 1.82) is 0 Å². The van der Waals surface area contributed by atoms with Crippen LogP contribution in [0.3, 0.4) is 0 Å². The zero-order valence-corrected chi connectivity index (χ0v) is 14.7. The smallest absolute Gasteiger partial charge is 0.133 e. The Bertz CT molecular complexity index is 518. The SMILES string of the molecule is CCC1CC=C2C3CCC4CC(=O)CCC4(C)C3CCC21C. The van der Waals surface area contributed by atoms with E-state index in [9.17, 15) is 4.79 Å². The summed E-state index contributed by atoms with van der Waals surface area (Å²) >= 11 is 0. The van der Waals surface area contributed by atoms with Crippen molar-refractivity contribution >= 4 is 5.78 Å². The summed E-state index contributed by atoms with van der Waals surface area (Å²) in [6, 6.07) is 0. The third kappa shape index (κ3) is 1.86. The third-order valence-electron chi connectivity index (χ3n) is 8.56. The fourth-order valence-corrected chi connectivity index (χ4v) is 7.08. The van der Waals surface area contributed by atoms with Crippen LogP contribution in [0.15, 0.2) is 11.6 Å². The minimum absolute atomic E-state index is 0.448. The summed E-state index contributed by atoms with van der Waals surface area (Å²) in [4.78, 5) is 11.9. The minimum atomic E-state index is 0.448. The lowest BCUT2D eigenvalue weighted by Gasteiger charge is -2.58. The second-order valence-electron chi connectivity index (χ2n) is 9.19. The maximum absolute atomic E-state index is 11.9. The minimum Gasteiger partial charge on any atom is -0.300 e. The summed E-state index contributed by atoms with van der Waals surface area (Å²) in [6.45, 7) is 7.48. The normalized spacial score (nSPS) is 50.9. The van der Waals surface area contributed by atoms with Gasteiger partial charge in [-0.2, -0.15) is 0 Å². The van der Waals surface area contributed by atoms with Crippen molar-refractivity contribution in [3.8, 4) is 0 Å². The van der Waals surface area contributed by atoms with Crippen LogP contribution in [0.2, 0.25) is 0 Å². The van der Waals surface area contributed by atoms with Crippen LogP contribution in [0.5, 0.6) is 0 Å². The van der Waals surface area contributed by atoms with E-state index < -0.39 is 0 Å². The fourth-order valence-electron chi connectivity index (χ4n) is 7.08. The van der Waals surface area contributed by atoms with Crippen LogP contribution < -0.4 is 0 Å². The van der Waals surface area contributed by atoms with E-state index in [0.29, 0.717) is 22.5 Å². The molecule has 0 aromatic rings. The van der Waals surface area contributed by atoms with E-state index in [2.05, 4.69) is 26.8 Å². The summed E-state index contributed by atoms with van der Waals surface area (Å²) in [5.74, 6) is 3.80. The van der Waals surface area contributed by atoms with Gasteiger partial charge in [-0.1, -0.05) is 38.8 Å². The van der Waals surface area contributed by atoms with Gasteiger partial charge in [-0.05, 0) is 73.0 Å². The van der Waals surface area contributed by atoms with Crippen LogP contribution in [0.1, 0.15) is 78.6 Å². The molecule has 0 bridgehead atoms. The first kappa shape index (κ1) is 15.0. The standard InChI is InChI=1S/C21H32O/c1-4-14-6-8-18-17-7-5-15-13-16(22)9-11-21(15,3)19(17)10-12-20(14,18)2/h8,14-15,17,19H,4-7,9-13H2,1-3H3. The molecule has 0 aromatic carbocycles. The molecule has 122 valence electrons. The van der Waals surface area contributed by atoms with E-state index in [4.69, 9.17) is 0 Å². The zero-order chi connectivity index (χ0) is 15.5. The molecule has 4 aliphatic rings. The van der Waals surface area contributed by atoms with Crippen molar-refractivity contribution in [2.45, 2.75) is 78.6 Å².